The minimum atomic E-state index is 0.592. The molecule has 0 N–H and O–H groups in total. The first kappa shape index (κ1) is 11.4. The lowest BCUT2D eigenvalue weighted by Gasteiger charge is -2.21. The zero-order chi connectivity index (χ0) is 9.56. The van der Waals surface area contributed by atoms with Crippen molar-refractivity contribution < 1.29 is 4.79 Å². The summed E-state index contributed by atoms with van der Waals surface area (Å²) in [5.74, 6) is 1.35. The topological polar surface area (TPSA) is 17.1 Å². The van der Waals surface area contributed by atoms with Gasteiger partial charge >= 0.3 is 0 Å². The summed E-state index contributed by atoms with van der Waals surface area (Å²) in [6.07, 6.45) is 5.24. The summed E-state index contributed by atoms with van der Waals surface area (Å²) in [6, 6.07) is 0. The van der Waals surface area contributed by atoms with E-state index in [0.717, 1.165) is 24.2 Å². The van der Waals surface area contributed by atoms with Crippen LogP contribution >= 0.6 is 0 Å². The Morgan fingerprint density at radius 3 is 2.42 bits per heavy atom. The van der Waals surface area contributed by atoms with Gasteiger partial charge < -0.3 is 0 Å². The van der Waals surface area contributed by atoms with E-state index in [0.29, 0.717) is 5.92 Å². The third-order valence-electron chi connectivity index (χ3n) is 2.41. The van der Waals surface area contributed by atoms with Gasteiger partial charge in [0.1, 0.15) is 6.29 Å². The molecule has 0 fully saturated rings. The lowest BCUT2D eigenvalue weighted by molar-refractivity contribution is -0.105. The quantitative estimate of drug-likeness (QED) is 0.549. The molecular formula is C11H20O. The van der Waals surface area contributed by atoms with Crippen molar-refractivity contribution in [3.63, 3.8) is 0 Å². The molecule has 0 aliphatic heterocycles. The smallest absolute Gasteiger partial charge is 0.145 e. The summed E-state index contributed by atoms with van der Waals surface area (Å²) in [4.78, 5) is 10.3. The van der Waals surface area contributed by atoms with E-state index >= 15 is 0 Å². The zero-order valence-electron chi connectivity index (χ0n) is 8.63. The predicted octanol–water partition coefficient (Wildman–Crippen LogP) is 3.20. The van der Waals surface area contributed by atoms with Crippen LogP contribution in [0.2, 0.25) is 0 Å². The molecule has 1 heteroatoms. The summed E-state index contributed by atoms with van der Waals surface area (Å²) in [5, 5.41) is 0. The Bertz CT molecular complexity index is 158. The van der Waals surface area contributed by atoms with Gasteiger partial charge in [0, 0.05) is 0 Å². The number of carbonyl (C=O) groups excluding carboxylic acids is 1. The van der Waals surface area contributed by atoms with Crippen LogP contribution in [0.5, 0.6) is 0 Å². The molecule has 0 spiro atoms. The molecule has 1 nitrogen and oxygen atoms in total. The third-order valence-corrected chi connectivity index (χ3v) is 2.41. The Kier molecular flexibility index (Phi) is 5.69. The fourth-order valence-electron chi connectivity index (χ4n) is 1.34. The highest BCUT2D eigenvalue weighted by Crippen LogP contribution is 2.26. The van der Waals surface area contributed by atoms with E-state index in [1.807, 2.05) is 13.8 Å². The second-order valence-corrected chi connectivity index (χ2v) is 3.23. The number of allylic oxidation sites excluding steroid dienone is 2. The van der Waals surface area contributed by atoms with Crippen LogP contribution in [-0.2, 0) is 4.79 Å². The standard InChI is InChI=1S/C9H14O.C2H6/c1-7-3-4-9(6-10)5-8(7)2;1-2/h5-8H,3-4H2,1-2H3;1-2H3/t7-,8-;/m1./s1. The van der Waals surface area contributed by atoms with Crippen LogP contribution in [0.15, 0.2) is 11.6 Å². The monoisotopic (exact) mass is 168 g/mol. The van der Waals surface area contributed by atoms with Crippen molar-refractivity contribution >= 4 is 6.29 Å². The van der Waals surface area contributed by atoms with Gasteiger partial charge in [-0.15, -0.1) is 0 Å². The minimum absolute atomic E-state index is 0.592. The van der Waals surface area contributed by atoms with E-state index in [1.165, 1.54) is 6.42 Å². The maximum absolute atomic E-state index is 10.3. The van der Waals surface area contributed by atoms with Crippen molar-refractivity contribution in [3.8, 4) is 0 Å². The Balaban J connectivity index is 0.000000561. The van der Waals surface area contributed by atoms with Crippen LogP contribution in [0.1, 0.15) is 40.5 Å². The summed E-state index contributed by atoms with van der Waals surface area (Å²) in [7, 11) is 0. The molecule has 0 saturated heterocycles. The summed E-state index contributed by atoms with van der Waals surface area (Å²) in [5.41, 5.74) is 0.991. The maximum atomic E-state index is 10.3. The Morgan fingerprint density at radius 1 is 1.42 bits per heavy atom. The molecule has 0 aromatic heterocycles. The molecule has 1 rings (SSSR count). The molecule has 1 aliphatic carbocycles. The van der Waals surface area contributed by atoms with Crippen molar-refractivity contribution in [1.82, 2.24) is 0 Å². The van der Waals surface area contributed by atoms with Gasteiger partial charge in [-0.3, -0.25) is 4.79 Å². The molecule has 0 amide bonds. The van der Waals surface area contributed by atoms with E-state index in [1.54, 1.807) is 0 Å². The van der Waals surface area contributed by atoms with Gasteiger partial charge in [-0.1, -0.05) is 33.8 Å². The van der Waals surface area contributed by atoms with Crippen LogP contribution in [0.25, 0.3) is 0 Å². The lowest BCUT2D eigenvalue weighted by Crippen LogP contribution is -2.11. The molecular weight excluding hydrogens is 148 g/mol. The molecule has 0 bridgehead atoms. The molecule has 0 heterocycles. The first-order chi connectivity index (χ1) is 5.74. The summed E-state index contributed by atoms with van der Waals surface area (Å²) in [6.45, 7) is 8.41. The second kappa shape index (κ2) is 5.99. The Morgan fingerprint density at radius 2 is 2.00 bits per heavy atom. The van der Waals surface area contributed by atoms with Gasteiger partial charge in [-0.05, 0) is 30.3 Å². The highest BCUT2D eigenvalue weighted by Gasteiger charge is 2.15. The number of carbonyl (C=O) groups is 1. The molecule has 0 unspecified atom stereocenters. The van der Waals surface area contributed by atoms with Gasteiger partial charge in [0.2, 0.25) is 0 Å². The van der Waals surface area contributed by atoms with E-state index < -0.39 is 0 Å². The van der Waals surface area contributed by atoms with Gasteiger partial charge in [-0.25, -0.2) is 0 Å². The van der Waals surface area contributed by atoms with E-state index in [9.17, 15) is 4.79 Å². The first-order valence-electron chi connectivity index (χ1n) is 4.90. The maximum Gasteiger partial charge on any atom is 0.145 e. The van der Waals surface area contributed by atoms with Gasteiger partial charge in [0.05, 0.1) is 0 Å². The second-order valence-electron chi connectivity index (χ2n) is 3.23. The lowest BCUT2D eigenvalue weighted by atomic mass is 9.83. The van der Waals surface area contributed by atoms with Crippen LogP contribution in [0.3, 0.4) is 0 Å². The average Bonchev–Trinajstić information content (AvgIpc) is 2.13. The number of hydrogen-bond acceptors (Lipinski definition) is 1. The van der Waals surface area contributed by atoms with Gasteiger partial charge in [-0.2, -0.15) is 0 Å². The fourth-order valence-corrected chi connectivity index (χ4v) is 1.34. The van der Waals surface area contributed by atoms with Crippen molar-refractivity contribution in [2.75, 3.05) is 0 Å². The average molecular weight is 168 g/mol. The van der Waals surface area contributed by atoms with Gasteiger partial charge in [0.25, 0.3) is 0 Å². The van der Waals surface area contributed by atoms with Crippen molar-refractivity contribution in [1.29, 1.82) is 0 Å². The number of aldehydes is 1. The Hall–Kier alpha value is -0.590. The third kappa shape index (κ3) is 3.21. The molecule has 1 aliphatic rings. The van der Waals surface area contributed by atoms with Crippen LogP contribution in [0.4, 0.5) is 0 Å². The molecule has 0 radical (unpaired) electrons. The molecule has 2 atom stereocenters. The minimum Gasteiger partial charge on any atom is -0.298 e. The largest absolute Gasteiger partial charge is 0.298 e. The van der Waals surface area contributed by atoms with E-state index in [4.69, 9.17) is 0 Å². The van der Waals surface area contributed by atoms with Crippen molar-refractivity contribution in [2.24, 2.45) is 11.8 Å². The van der Waals surface area contributed by atoms with E-state index in [-0.39, 0.29) is 0 Å². The molecule has 0 saturated carbocycles. The Labute approximate surface area is 75.9 Å². The molecule has 0 aromatic carbocycles. The fraction of sp³-hybridized carbons (Fsp3) is 0.727. The predicted molar refractivity (Wildman–Crippen MR) is 53.1 cm³/mol. The number of hydrogen-bond donors (Lipinski definition) is 0. The van der Waals surface area contributed by atoms with Crippen LogP contribution < -0.4 is 0 Å². The summed E-state index contributed by atoms with van der Waals surface area (Å²) >= 11 is 0. The highest BCUT2D eigenvalue weighted by atomic mass is 16.1. The molecule has 0 aromatic rings. The SMILES string of the molecule is CC.C[C@@H]1C=C(C=O)CC[C@H]1C. The van der Waals surface area contributed by atoms with Gasteiger partial charge in [0.15, 0.2) is 0 Å². The summed E-state index contributed by atoms with van der Waals surface area (Å²) < 4.78 is 0. The van der Waals surface area contributed by atoms with Crippen molar-refractivity contribution in [2.45, 2.75) is 40.5 Å². The normalized spacial score (nSPS) is 28.2. The van der Waals surface area contributed by atoms with Crippen molar-refractivity contribution in [3.05, 3.63) is 11.6 Å². The van der Waals surface area contributed by atoms with Crippen LogP contribution in [0, 0.1) is 11.8 Å². The zero-order valence-corrected chi connectivity index (χ0v) is 8.63. The van der Waals surface area contributed by atoms with Crippen LogP contribution in [-0.4, -0.2) is 6.29 Å². The first-order valence-corrected chi connectivity index (χ1v) is 4.90. The molecule has 12 heavy (non-hydrogen) atoms. The molecule has 70 valence electrons. The highest BCUT2D eigenvalue weighted by molar-refractivity contribution is 5.73. The number of rotatable bonds is 1. The van der Waals surface area contributed by atoms with E-state index in [2.05, 4.69) is 19.9 Å².